The summed E-state index contributed by atoms with van der Waals surface area (Å²) < 4.78 is 50.1. The number of furan rings is 1. The Bertz CT molecular complexity index is 2260. The van der Waals surface area contributed by atoms with Crippen LogP contribution in [0.15, 0.2) is 131 Å². The predicted molar refractivity (Wildman–Crippen MR) is 194 cm³/mol. The van der Waals surface area contributed by atoms with Crippen molar-refractivity contribution in [2.24, 2.45) is 7.05 Å². The van der Waals surface area contributed by atoms with Gasteiger partial charge in [0.15, 0.2) is 0 Å². The summed E-state index contributed by atoms with van der Waals surface area (Å²) in [4.78, 5) is 6.74. The molecule has 1 aliphatic heterocycles. The fourth-order valence-corrected chi connectivity index (χ4v) is 8.01. The number of methoxy groups -OCH3 is 1. The normalized spacial score (nSPS) is 14.8. The van der Waals surface area contributed by atoms with Crippen molar-refractivity contribution in [1.29, 1.82) is 5.26 Å². The number of fused-ring (bicyclic) bond motifs is 1. The van der Waals surface area contributed by atoms with Gasteiger partial charge in [-0.2, -0.15) is 9.57 Å². The lowest BCUT2D eigenvalue weighted by atomic mass is 10.1. The summed E-state index contributed by atoms with van der Waals surface area (Å²) >= 11 is 0. The number of rotatable bonds is 11. The number of benzene rings is 4. The Balaban J connectivity index is 1.27. The molecule has 0 saturated heterocycles. The van der Waals surface area contributed by atoms with Gasteiger partial charge in [0.05, 0.1) is 30.6 Å². The average molecular weight is 700 g/mol. The van der Waals surface area contributed by atoms with Crippen LogP contribution in [0.2, 0.25) is 0 Å². The number of anilines is 1. The van der Waals surface area contributed by atoms with Gasteiger partial charge in [0.2, 0.25) is 15.8 Å². The Labute approximate surface area is 297 Å². The van der Waals surface area contributed by atoms with Crippen molar-refractivity contribution in [1.82, 2.24) is 13.9 Å². The zero-order valence-electron chi connectivity index (χ0n) is 28.3. The summed E-state index contributed by atoms with van der Waals surface area (Å²) in [6.07, 6.45) is 4.06. The van der Waals surface area contributed by atoms with E-state index in [-0.39, 0.29) is 17.2 Å². The van der Waals surface area contributed by atoms with Gasteiger partial charge in [0, 0.05) is 43.6 Å². The van der Waals surface area contributed by atoms with Crippen LogP contribution in [0.1, 0.15) is 28.1 Å². The number of nitriles is 1. The highest BCUT2D eigenvalue weighted by Crippen LogP contribution is 2.36. The molecular weight excluding hydrogens is 663 g/mol. The van der Waals surface area contributed by atoms with Crippen LogP contribution in [0.3, 0.4) is 0 Å². The van der Waals surface area contributed by atoms with Crippen LogP contribution in [0.5, 0.6) is 11.5 Å². The standard InChI is InChI=1S/C40H37N5O5S/c1-43-28-42-23-34(43)26-44-25-33(20-29-8-11-36(12-9-29)49-27-30-6-4-3-5-7-30)45(51(46,47)38-16-13-35(48-2)14-17-38)24-32-21-31(10-18-39(32)44)40-19-15-37(22-41)50-40/h3-19,21,23,28,33H,20,24-27H2,1-2H3/t33-/m1/s1. The summed E-state index contributed by atoms with van der Waals surface area (Å²) in [5.41, 5.74) is 5.52. The number of imidazole rings is 1. The lowest BCUT2D eigenvalue weighted by molar-refractivity contribution is 0.305. The molecular formula is C40H37N5O5S. The maximum Gasteiger partial charge on any atom is 0.243 e. The summed E-state index contributed by atoms with van der Waals surface area (Å²) in [5, 5.41) is 9.37. The number of aromatic nitrogens is 2. The maximum atomic E-state index is 14.7. The van der Waals surface area contributed by atoms with E-state index in [0.717, 1.165) is 39.4 Å². The van der Waals surface area contributed by atoms with Crippen LogP contribution in [-0.4, -0.2) is 42.0 Å². The molecule has 1 aliphatic rings. The molecule has 0 unspecified atom stereocenters. The van der Waals surface area contributed by atoms with Crippen molar-refractivity contribution in [3.63, 3.8) is 0 Å². The molecule has 0 aliphatic carbocycles. The van der Waals surface area contributed by atoms with Crippen molar-refractivity contribution in [2.75, 3.05) is 18.6 Å². The predicted octanol–water partition coefficient (Wildman–Crippen LogP) is 6.96. The average Bonchev–Trinajstić information content (AvgIpc) is 3.78. The Morgan fingerprint density at radius 2 is 1.69 bits per heavy atom. The first-order valence-corrected chi connectivity index (χ1v) is 18.0. The summed E-state index contributed by atoms with van der Waals surface area (Å²) in [7, 11) is -0.495. The highest BCUT2D eigenvalue weighted by atomic mass is 32.2. The van der Waals surface area contributed by atoms with E-state index < -0.39 is 16.1 Å². The molecule has 11 heteroatoms. The van der Waals surface area contributed by atoms with Crippen molar-refractivity contribution in [3.8, 4) is 28.9 Å². The van der Waals surface area contributed by atoms with Crippen LogP contribution >= 0.6 is 0 Å². The van der Waals surface area contributed by atoms with E-state index in [1.807, 2.05) is 96.7 Å². The lowest BCUT2D eigenvalue weighted by Crippen LogP contribution is -2.45. The summed E-state index contributed by atoms with van der Waals surface area (Å²) in [6, 6.07) is 35.3. The van der Waals surface area contributed by atoms with E-state index >= 15 is 0 Å². The highest BCUT2D eigenvalue weighted by Gasteiger charge is 2.37. The highest BCUT2D eigenvalue weighted by molar-refractivity contribution is 7.89. The first-order chi connectivity index (χ1) is 24.8. The van der Waals surface area contributed by atoms with Crippen molar-refractivity contribution >= 4 is 15.7 Å². The number of sulfonamides is 1. The molecule has 2 aromatic heterocycles. The maximum absolute atomic E-state index is 14.7. The van der Waals surface area contributed by atoms with Gasteiger partial charge >= 0.3 is 0 Å². The molecule has 0 fully saturated rings. The molecule has 0 saturated carbocycles. The minimum atomic E-state index is -4.00. The van der Waals surface area contributed by atoms with E-state index in [1.54, 1.807) is 54.1 Å². The summed E-state index contributed by atoms with van der Waals surface area (Å²) in [5.74, 6) is 2.05. The molecule has 258 valence electrons. The molecule has 0 amide bonds. The van der Waals surface area contributed by atoms with Crippen molar-refractivity contribution in [2.45, 2.75) is 37.1 Å². The van der Waals surface area contributed by atoms with Crippen LogP contribution in [-0.2, 0) is 43.2 Å². The van der Waals surface area contributed by atoms with Crippen LogP contribution in [0.4, 0.5) is 5.69 Å². The molecule has 0 N–H and O–H groups in total. The topological polar surface area (TPSA) is 114 Å². The van der Waals surface area contributed by atoms with E-state index in [4.69, 9.17) is 13.9 Å². The second-order valence-electron chi connectivity index (χ2n) is 12.5. The van der Waals surface area contributed by atoms with Gasteiger partial charge in [-0.3, -0.25) is 0 Å². The first-order valence-electron chi connectivity index (χ1n) is 16.6. The number of nitrogens with zero attached hydrogens (tertiary/aromatic N) is 5. The minimum absolute atomic E-state index is 0.119. The Morgan fingerprint density at radius 3 is 2.37 bits per heavy atom. The fraction of sp³-hybridized carbons (Fsp3) is 0.200. The first kappa shape index (κ1) is 33.7. The molecule has 1 atom stereocenters. The summed E-state index contributed by atoms with van der Waals surface area (Å²) in [6.45, 7) is 1.50. The lowest BCUT2D eigenvalue weighted by Gasteiger charge is -2.32. The molecule has 0 radical (unpaired) electrons. The third kappa shape index (κ3) is 7.38. The molecule has 0 bridgehead atoms. The Hall–Kier alpha value is -5.83. The van der Waals surface area contributed by atoms with Gasteiger partial charge < -0.3 is 23.4 Å². The number of ether oxygens (including phenoxy) is 2. The van der Waals surface area contributed by atoms with E-state index in [9.17, 15) is 13.7 Å². The molecule has 51 heavy (non-hydrogen) atoms. The molecule has 0 spiro atoms. The second kappa shape index (κ2) is 14.6. The van der Waals surface area contributed by atoms with Gasteiger partial charge in [0.25, 0.3) is 0 Å². The largest absolute Gasteiger partial charge is 0.497 e. The minimum Gasteiger partial charge on any atom is -0.497 e. The van der Waals surface area contributed by atoms with Crippen LogP contribution in [0, 0.1) is 11.3 Å². The Morgan fingerprint density at radius 1 is 0.922 bits per heavy atom. The van der Waals surface area contributed by atoms with Crippen molar-refractivity contribution < 1.29 is 22.3 Å². The van der Waals surface area contributed by atoms with E-state index in [2.05, 4.69) is 9.88 Å². The SMILES string of the molecule is COc1ccc(S(=O)(=O)N2Cc3cc(-c4ccc(C#N)o4)ccc3N(Cc3cncn3C)C[C@H]2Cc2ccc(OCc3ccccc3)cc2)cc1. The van der Waals surface area contributed by atoms with E-state index in [1.165, 1.54) is 0 Å². The van der Waals surface area contributed by atoms with Gasteiger partial charge in [-0.1, -0.05) is 42.5 Å². The van der Waals surface area contributed by atoms with E-state index in [0.29, 0.717) is 37.6 Å². The molecule has 6 aromatic rings. The van der Waals surface area contributed by atoms with Gasteiger partial charge in [-0.25, -0.2) is 13.4 Å². The number of aryl methyl sites for hydroxylation is 1. The second-order valence-corrected chi connectivity index (χ2v) is 14.4. The molecule has 10 nitrogen and oxygen atoms in total. The zero-order chi connectivity index (χ0) is 35.4. The van der Waals surface area contributed by atoms with Gasteiger partial charge in [-0.05, 0) is 89.8 Å². The van der Waals surface area contributed by atoms with Crippen LogP contribution < -0.4 is 14.4 Å². The smallest absolute Gasteiger partial charge is 0.243 e. The molecule has 7 rings (SSSR count). The molecule has 4 aromatic carbocycles. The van der Waals surface area contributed by atoms with Crippen LogP contribution in [0.25, 0.3) is 11.3 Å². The third-order valence-corrected chi connectivity index (χ3v) is 11.1. The van der Waals surface area contributed by atoms with Gasteiger partial charge in [0.1, 0.15) is 29.9 Å². The molecule has 3 heterocycles. The van der Waals surface area contributed by atoms with Crippen molar-refractivity contribution in [3.05, 3.63) is 150 Å². The number of hydrogen-bond acceptors (Lipinski definition) is 8. The third-order valence-electron chi connectivity index (χ3n) is 9.16. The zero-order valence-corrected chi connectivity index (χ0v) is 29.2. The quantitative estimate of drug-likeness (QED) is 0.143. The number of hydrogen-bond donors (Lipinski definition) is 0. The fourth-order valence-electron chi connectivity index (χ4n) is 6.42. The monoisotopic (exact) mass is 699 g/mol. The Kier molecular flexibility index (Phi) is 9.61. The van der Waals surface area contributed by atoms with Gasteiger partial charge in [-0.15, -0.1) is 0 Å².